The molecule has 3 nitrogen and oxygen atoms in total. The summed E-state index contributed by atoms with van der Waals surface area (Å²) in [5, 5.41) is 12.4. The number of anilines is 2. The molecule has 0 radical (unpaired) electrons. The van der Waals surface area contributed by atoms with Gasteiger partial charge in [0.05, 0.1) is 23.0 Å². The first kappa shape index (κ1) is 12.8. The molecule has 0 amide bonds. The van der Waals surface area contributed by atoms with Gasteiger partial charge in [0.25, 0.3) is 0 Å². The first-order valence-corrected chi connectivity index (χ1v) is 6.64. The van der Waals surface area contributed by atoms with E-state index >= 15 is 0 Å². The van der Waals surface area contributed by atoms with Gasteiger partial charge >= 0.3 is 0 Å². The Kier molecular flexibility index (Phi) is 3.76. The molecule has 0 saturated heterocycles. The number of nitriles is 1. The molecule has 3 N–H and O–H groups in total. The van der Waals surface area contributed by atoms with Crippen molar-refractivity contribution in [2.24, 2.45) is 11.8 Å². The molecular formula is C15H21N3. The molecule has 1 aromatic carbocycles. The maximum Gasteiger partial charge on any atom is 0.0992 e. The number of rotatable bonds is 2. The van der Waals surface area contributed by atoms with E-state index in [9.17, 15) is 0 Å². The number of benzene rings is 1. The number of nitrogens with one attached hydrogen (secondary N) is 1. The fourth-order valence-electron chi connectivity index (χ4n) is 3.04. The highest BCUT2D eigenvalue weighted by Crippen LogP contribution is 2.31. The van der Waals surface area contributed by atoms with E-state index < -0.39 is 0 Å². The van der Waals surface area contributed by atoms with Crippen LogP contribution in [0.5, 0.6) is 0 Å². The Bertz CT molecular complexity index is 451. The van der Waals surface area contributed by atoms with Crippen molar-refractivity contribution < 1.29 is 0 Å². The zero-order chi connectivity index (χ0) is 13.1. The normalized spacial score (nSPS) is 27.5. The van der Waals surface area contributed by atoms with Crippen molar-refractivity contribution in [1.82, 2.24) is 0 Å². The van der Waals surface area contributed by atoms with Crippen molar-refractivity contribution >= 4 is 11.4 Å². The van der Waals surface area contributed by atoms with Gasteiger partial charge in [-0.25, -0.2) is 0 Å². The smallest absolute Gasteiger partial charge is 0.0992 e. The highest BCUT2D eigenvalue weighted by atomic mass is 14.9. The van der Waals surface area contributed by atoms with Crippen LogP contribution < -0.4 is 11.1 Å². The molecule has 2 rings (SSSR count). The van der Waals surface area contributed by atoms with E-state index in [1.54, 1.807) is 12.1 Å². The number of nitrogen functional groups attached to an aromatic ring is 1. The molecule has 2 unspecified atom stereocenters. The molecule has 1 aromatic rings. The molecule has 1 fully saturated rings. The molecule has 18 heavy (non-hydrogen) atoms. The molecular weight excluding hydrogens is 222 g/mol. The Morgan fingerprint density at radius 3 is 2.50 bits per heavy atom. The summed E-state index contributed by atoms with van der Waals surface area (Å²) in [5.41, 5.74) is 8.24. The third-order valence-corrected chi connectivity index (χ3v) is 3.72. The molecule has 0 heterocycles. The van der Waals surface area contributed by atoms with Crippen molar-refractivity contribution in [3.05, 3.63) is 23.8 Å². The minimum absolute atomic E-state index is 0.472. The summed E-state index contributed by atoms with van der Waals surface area (Å²) in [6, 6.07) is 8.03. The standard InChI is InChI=1S/C15H21N3/c1-10-5-11(2)7-13(6-10)18-15-8-12(9-16)3-4-14(15)17/h3-4,8,10-11,13,18H,5-7,17H2,1-2H3. The van der Waals surface area contributed by atoms with Crippen molar-refractivity contribution in [1.29, 1.82) is 5.26 Å². The van der Waals surface area contributed by atoms with Gasteiger partial charge < -0.3 is 11.1 Å². The Labute approximate surface area is 109 Å². The topological polar surface area (TPSA) is 61.8 Å². The molecule has 0 spiro atoms. The number of nitrogens with two attached hydrogens (primary N) is 1. The van der Waals surface area contributed by atoms with Crippen molar-refractivity contribution in [2.45, 2.75) is 39.2 Å². The summed E-state index contributed by atoms with van der Waals surface area (Å²) in [6.07, 6.45) is 3.67. The number of hydrogen-bond acceptors (Lipinski definition) is 3. The maximum absolute atomic E-state index is 8.92. The van der Waals surface area contributed by atoms with E-state index in [-0.39, 0.29) is 0 Å². The zero-order valence-corrected chi connectivity index (χ0v) is 11.1. The summed E-state index contributed by atoms with van der Waals surface area (Å²) in [5.74, 6) is 1.51. The van der Waals surface area contributed by atoms with Crippen LogP contribution in [0, 0.1) is 23.2 Å². The summed E-state index contributed by atoms with van der Waals surface area (Å²) in [4.78, 5) is 0. The van der Waals surface area contributed by atoms with Crippen LogP contribution in [0.3, 0.4) is 0 Å². The molecule has 1 saturated carbocycles. The predicted octanol–water partition coefficient (Wildman–Crippen LogP) is 3.38. The van der Waals surface area contributed by atoms with Crippen LogP contribution in [0.4, 0.5) is 11.4 Å². The Morgan fingerprint density at radius 1 is 1.22 bits per heavy atom. The van der Waals surface area contributed by atoms with Crippen LogP contribution in [0.2, 0.25) is 0 Å². The first-order valence-electron chi connectivity index (χ1n) is 6.64. The SMILES string of the molecule is CC1CC(C)CC(Nc2cc(C#N)ccc2N)C1. The second-order valence-corrected chi connectivity index (χ2v) is 5.67. The van der Waals surface area contributed by atoms with Gasteiger partial charge in [0.1, 0.15) is 0 Å². The Hall–Kier alpha value is -1.69. The van der Waals surface area contributed by atoms with E-state index in [1.165, 1.54) is 19.3 Å². The highest BCUT2D eigenvalue weighted by Gasteiger charge is 2.24. The largest absolute Gasteiger partial charge is 0.397 e. The zero-order valence-electron chi connectivity index (χ0n) is 11.1. The summed E-state index contributed by atoms with van der Waals surface area (Å²) in [6.45, 7) is 4.61. The molecule has 2 atom stereocenters. The molecule has 0 aliphatic heterocycles. The van der Waals surface area contributed by atoms with Gasteiger partial charge in [-0.3, -0.25) is 0 Å². The molecule has 0 aromatic heterocycles. The molecule has 1 aliphatic carbocycles. The van der Waals surface area contributed by atoms with Gasteiger partial charge in [-0.15, -0.1) is 0 Å². The lowest BCUT2D eigenvalue weighted by Crippen LogP contribution is -2.30. The monoisotopic (exact) mass is 243 g/mol. The van der Waals surface area contributed by atoms with Gasteiger partial charge in [-0.05, 0) is 49.3 Å². The van der Waals surface area contributed by atoms with Crippen molar-refractivity contribution in [2.75, 3.05) is 11.1 Å². The van der Waals surface area contributed by atoms with Crippen molar-refractivity contribution in [3.8, 4) is 6.07 Å². The van der Waals surface area contributed by atoms with Crippen LogP contribution in [0.1, 0.15) is 38.7 Å². The lowest BCUT2D eigenvalue weighted by atomic mass is 9.80. The van der Waals surface area contributed by atoms with Gasteiger partial charge in [-0.1, -0.05) is 13.8 Å². The van der Waals surface area contributed by atoms with Crippen LogP contribution in [0.25, 0.3) is 0 Å². The lowest BCUT2D eigenvalue weighted by Gasteiger charge is -2.32. The van der Waals surface area contributed by atoms with E-state index in [4.69, 9.17) is 11.0 Å². The second kappa shape index (κ2) is 5.30. The van der Waals surface area contributed by atoms with Gasteiger partial charge in [0, 0.05) is 6.04 Å². The summed E-state index contributed by atoms with van der Waals surface area (Å²) >= 11 is 0. The van der Waals surface area contributed by atoms with Gasteiger partial charge in [0.15, 0.2) is 0 Å². The number of hydrogen-bond donors (Lipinski definition) is 2. The second-order valence-electron chi connectivity index (χ2n) is 5.67. The molecule has 3 heteroatoms. The van der Waals surface area contributed by atoms with Gasteiger partial charge in [0.2, 0.25) is 0 Å². The molecule has 0 bridgehead atoms. The van der Waals surface area contributed by atoms with E-state index in [0.29, 0.717) is 11.6 Å². The highest BCUT2D eigenvalue weighted by molar-refractivity contribution is 5.68. The van der Waals surface area contributed by atoms with Crippen molar-refractivity contribution in [3.63, 3.8) is 0 Å². The average molecular weight is 243 g/mol. The third-order valence-electron chi connectivity index (χ3n) is 3.72. The van der Waals surface area contributed by atoms with E-state index in [2.05, 4.69) is 25.2 Å². The van der Waals surface area contributed by atoms with Gasteiger partial charge in [-0.2, -0.15) is 5.26 Å². The lowest BCUT2D eigenvalue weighted by molar-refractivity contribution is 0.281. The number of nitrogens with zero attached hydrogens (tertiary/aromatic N) is 1. The predicted molar refractivity (Wildman–Crippen MR) is 75.2 cm³/mol. The average Bonchev–Trinajstić information content (AvgIpc) is 2.30. The van der Waals surface area contributed by atoms with Crippen LogP contribution in [-0.4, -0.2) is 6.04 Å². The minimum Gasteiger partial charge on any atom is -0.397 e. The van der Waals surface area contributed by atoms with E-state index in [1.807, 2.05) is 6.07 Å². The summed E-state index contributed by atoms with van der Waals surface area (Å²) in [7, 11) is 0. The Balaban J connectivity index is 2.11. The van der Waals surface area contributed by atoms with E-state index in [0.717, 1.165) is 23.2 Å². The molecule has 1 aliphatic rings. The fourth-order valence-corrected chi connectivity index (χ4v) is 3.04. The van der Waals surface area contributed by atoms with Crippen LogP contribution >= 0.6 is 0 Å². The fraction of sp³-hybridized carbons (Fsp3) is 0.533. The van der Waals surface area contributed by atoms with Crippen LogP contribution in [0.15, 0.2) is 18.2 Å². The quantitative estimate of drug-likeness (QED) is 0.783. The third kappa shape index (κ3) is 2.95. The molecule has 96 valence electrons. The minimum atomic E-state index is 0.472. The summed E-state index contributed by atoms with van der Waals surface area (Å²) < 4.78 is 0. The first-order chi connectivity index (χ1) is 8.58. The van der Waals surface area contributed by atoms with Crippen LogP contribution in [-0.2, 0) is 0 Å². The maximum atomic E-state index is 8.92. The Morgan fingerprint density at radius 2 is 1.89 bits per heavy atom.